The zero-order valence-electron chi connectivity index (χ0n) is 19.7. The van der Waals surface area contributed by atoms with Gasteiger partial charge in [0.05, 0.1) is 13.2 Å². The average molecular weight is 466 g/mol. The summed E-state index contributed by atoms with van der Waals surface area (Å²) in [6, 6.07) is 14.2. The molecule has 5 nitrogen and oxygen atoms in total. The van der Waals surface area contributed by atoms with E-state index in [-0.39, 0.29) is 12.5 Å². The fraction of sp³-hybridized carbons (Fsp3) is 0.333. The Morgan fingerprint density at radius 1 is 1.03 bits per heavy atom. The van der Waals surface area contributed by atoms with E-state index in [1.165, 1.54) is 16.9 Å². The van der Waals surface area contributed by atoms with Gasteiger partial charge < -0.3 is 14.8 Å². The number of benzene rings is 2. The number of carbonyl (C=O) groups is 2. The smallest absolute Gasteiger partial charge is 0.341 e. The van der Waals surface area contributed by atoms with Crippen molar-refractivity contribution in [3.05, 3.63) is 70.1 Å². The van der Waals surface area contributed by atoms with Crippen LogP contribution in [-0.2, 0) is 16.0 Å². The van der Waals surface area contributed by atoms with Gasteiger partial charge in [0.15, 0.2) is 0 Å². The molecule has 3 rings (SSSR count). The summed E-state index contributed by atoms with van der Waals surface area (Å²) < 4.78 is 11.1. The molecular formula is C27H31NO4S. The molecule has 0 aliphatic rings. The van der Waals surface area contributed by atoms with Crippen LogP contribution in [0.25, 0.3) is 11.1 Å². The van der Waals surface area contributed by atoms with Crippen molar-refractivity contribution in [2.75, 3.05) is 18.5 Å². The Bertz CT molecular complexity index is 1100. The molecule has 0 spiro atoms. The van der Waals surface area contributed by atoms with E-state index in [0.29, 0.717) is 30.0 Å². The topological polar surface area (TPSA) is 64.6 Å². The van der Waals surface area contributed by atoms with Gasteiger partial charge in [-0.05, 0) is 61.9 Å². The highest BCUT2D eigenvalue weighted by Crippen LogP contribution is 2.36. The Kier molecular flexibility index (Phi) is 8.66. The Morgan fingerprint density at radius 2 is 1.79 bits per heavy atom. The molecule has 0 fully saturated rings. The Labute approximate surface area is 199 Å². The average Bonchev–Trinajstić information content (AvgIpc) is 3.22. The lowest BCUT2D eigenvalue weighted by atomic mass is 10.0. The molecule has 0 aliphatic heterocycles. The molecule has 1 N–H and O–H groups in total. The van der Waals surface area contributed by atoms with Crippen LogP contribution in [0.5, 0.6) is 5.75 Å². The molecular weight excluding hydrogens is 434 g/mol. The quantitative estimate of drug-likeness (QED) is 0.272. The van der Waals surface area contributed by atoms with E-state index in [4.69, 9.17) is 9.47 Å². The highest BCUT2D eigenvalue weighted by atomic mass is 32.1. The molecule has 1 aromatic heterocycles. The number of carbonyl (C=O) groups excluding carboxylic acids is 2. The summed E-state index contributed by atoms with van der Waals surface area (Å²) in [6.45, 7) is 8.61. The molecule has 0 bridgehead atoms. The van der Waals surface area contributed by atoms with Crippen molar-refractivity contribution in [2.24, 2.45) is 0 Å². The molecule has 1 heterocycles. The molecule has 0 unspecified atom stereocenters. The maximum absolute atomic E-state index is 12.7. The monoisotopic (exact) mass is 465 g/mol. The predicted octanol–water partition coefficient (Wildman–Crippen LogP) is 6.57. The fourth-order valence-corrected chi connectivity index (χ4v) is 4.43. The number of nitrogens with one attached hydrogen (secondary N) is 1. The van der Waals surface area contributed by atoms with Gasteiger partial charge in [0.25, 0.3) is 0 Å². The van der Waals surface area contributed by atoms with E-state index < -0.39 is 5.97 Å². The van der Waals surface area contributed by atoms with Crippen LogP contribution in [0.1, 0.15) is 53.7 Å². The first kappa shape index (κ1) is 24.5. The van der Waals surface area contributed by atoms with Gasteiger partial charge in [-0.1, -0.05) is 43.3 Å². The van der Waals surface area contributed by atoms with Crippen molar-refractivity contribution in [3.8, 4) is 16.9 Å². The molecule has 0 saturated heterocycles. The molecule has 0 aliphatic carbocycles. The summed E-state index contributed by atoms with van der Waals surface area (Å²) in [5, 5.41) is 5.32. The van der Waals surface area contributed by atoms with E-state index in [1.54, 1.807) is 6.92 Å². The highest BCUT2D eigenvalue weighted by molar-refractivity contribution is 7.15. The zero-order valence-corrected chi connectivity index (χ0v) is 20.5. The number of rotatable bonds is 10. The molecule has 6 heteroatoms. The SMILES string of the molecule is CCOC(=O)c1c(-c2ccc(CC)cc2)csc1NC(=O)CCCOc1cc(C)ccc1C. The minimum absolute atomic E-state index is 0.153. The van der Waals surface area contributed by atoms with Crippen LogP contribution in [0.3, 0.4) is 0 Å². The van der Waals surface area contributed by atoms with E-state index in [0.717, 1.165) is 34.4 Å². The van der Waals surface area contributed by atoms with E-state index in [2.05, 4.69) is 24.4 Å². The van der Waals surface area contributed by atoms with Crippen LogP contribution < -0.4 is 10.1 Å². The van der Waals surface area contributed by atoms with Crippen LogP contribution in [0.4, 0.5) is 5.00 Å². The minimum atomic E-state index is -0.429. The van der Waals surface area contributed by atoms with Gasteiger partial charge in [0.1, 0.15) is 16.3 Å². The second-order valence-electron chi connectivity index (χ2n) is 7.89. The number of amides is 1. The number of esters is 1. The van der Waals surface area contributed by atoms with Crippen LogP contribution in [-0.4, -0.2) is 25.1 Å². The van der Waals surface area contributed by atoms with Gasteiger partial charge in [0.2, 0.25) is 5.91 Å². The van der Waals surface area contributed by atoms with Crippen molar-refractivity contribution >= 4 is 28.2 Å². The normalized spacial score (nSPS) is 10.7. The molecule has 174 valence electrons. The van der Waals surface area contributed by atoms with Crippen molar-refractivity contribution in [1.82, 2.24) is 0 Å². The summed E-state index contributed by atoms with van der Waals surface area (Å²) in [7, 11) is 0. The lowest BCUT2D eigenvalue weighted by Crippen LogP contribution is -2.15. The number of aryl methyl sites for hydroxylation is 3. The summed E-state index contributed by atoms with van der Waals surface area (Å²) in [5.74, 6) is 0.263. The maximum atomic E-state index is 12.7. The molecule has 0 atom stereocenters. The van der Waals surface area contributed by atoms with Gasteiger partial charge in [-0.2, -0.15) is 0 Å². The third kappa shape index (κ3) is 6.45. The third-order valence-electron chi connectivity index (χ3n) is 5.35. The largest absolute Gasteiger partial charge is 0.493 e. The number of anilines is 1. The van der Waals surface area contributed by atoms with E-state index in [1.807, 2.05) is 49.6 Å². The van der Waals surface area contributed by atoms with Gasteiger partial charge in [-0.25, -0.2) is 4.79 Å². The Balaban J connectivity index is 1.66. The van der Waals surface area contributed by atoms with E-state index in [9.17, 15) is 9.59 Å². The van der Waals surface area contributed by atoms with Crippen molar-refractivity contribution in [3.63, 3.8) is 0 Å². The molecule has 1 amide bonds. The van der Waals surface area contributed by atoms with Gasteiger partial charge in [0, 0.05) is 17.4 Å². The number of thiophene rings is 1. The molecule has 2 aromatic carbocycles. The highest BCUT2D eigenvalue weighted by Gasteiger charge is 2.22. The number of hydrogen-bond donors (Lipinski definition) is 1. The Morgan fingerprint density at radius 3 is 2.48 bits per heavy atom. The summed E-state index contributed by atoms with van der Waals surface area (Å²) in [6.07, 6.45) is 1.82. The maximum Gasteiger partial charge on any atom is 0.341 e. The first-order valence-corrected chi connectivity index (χ1v) is 12.2. The third-order valence-corrected chi connectivity index (χ3v) is 6.24. The number of ether oxygens (including phenoxy) is 2. The summed E-state index contributed by atoms with van der Waals surface area (Å²) in [5.41, 5.74) is 5.54. The molecule has 0 saturated carbocycles. The predicted molar refractivity (Wildman–Crippen MR) is 134 cm³/mol. The first-order valence-electron chi connectivity index (χ1n) is 11.3. The lowest BCUT2D eigenvalue weighted by Gasteiger charge is -2.11. The van der Waals surface area contributed by atoms with Crippen molar-refractivity contribution in [1.29, 1.82) is 0 Å². The van der Waals surface area contributed by atoms with Crippen LogP contribution in [0, 0.1) is 13.8 Å². The second-order valence-corrected chi connectivity index (χ2v) is 8.77. The fourth-order valence-electron chi connectivity index (χ4n) is 3.46. The van der Waals surface area contributed by atoms with Crippen LogP contribution >= 0.6 is 11.3 Å². The van der Waals surface area contributed by atoms with Crippen LogP contribution in [0.15, 0.2) is 47.8 Å². The van der Waals surface area contributed by atoms with Gasteiger partial charge in [-0.15, -0.1) is 11.3 Å². The lowest BCUT2D eigenvalue weighted by molar-refractivity contribution is -0.116. The van der Waals surface area contributed by atoms with Gasteiger partial charge >= 0.3 is 5.97 Å². The zero-order chi connectivity index (χ0) is 23.8. The standard InChI is InChI=1S/C27H31NO4S/c1-5-20-11-13-21(14-12-20)22-17-33-26(25(22)27(30)31-6-2)28-24(29)8-7-15-32-23-16-18(3)9-10-19(23)4/h9-14,16-17H,5-8,15H2,1-4H3,(H,28,29). The number of hydrogen-bond acceptors (Lipinski definition) is 5. The molecule has 33 heavy (non-hydrogen) atoms. The summed E-state index contributed by atoms with van der Waals surface area (Å²) >= 11 is 1.34. The minimum Gasteiger partial charge on any atom is -0.493 e. The summed E-state index contributed by atoms with van der Waals surface area (Å²) in [4.78, 5) is 25.3. The van der Waals surface area contributed by atoms with Gasteiger partial charge in [-0.3, -0.25) is 4.79 Å². The molecule has 0 radical (unpaired) electrons. The molecule has 3 aromatic rings. The van der Waals surface area contributed by atoms with Crippen molar-refractivity contribution < 1.29 is 19.1 Å². The van der Waals surface area contributed by atoms with Crippen molar-refractivity contribution in [2.45, 2.75) is 47.0 Å². The van der Waals surface area contributed by atoms with Crippen LogP contribution in [0.2, 0.25) is 0 Å². The van der Waals surface area contributed by atoms with E-state index >= 15 is 0 Å². The first-order chi connectivity index (χ1) is 15.9. The second kappa shape index (κ2) is 11.7. The Hall–Kier alpha value is -3.12.